The Labute approximate surface area is 126 Å². The Morgan fingerprint density at radius 2 is 2.35 bits per heavy atom. The Hall–Kier alpha value is -1.37. The van der Waals surface area contributed by atoms with Crippen LogP contribution in [0, 0.1) is 0 Å². The number of imidazole rings is 1. The predicted octanol–water partition coefficient (Wildman–Crippen LogP) is 3.36. The van der Waals surface area contributed by atoms with E-state index < -0.39 is 0 Å². The number of nitrogens with one attached hydrogen (secondary N) is 1. The number of methoxy groups -OCH3 is 1. The fourth-order valence-electron chi connectivity index (χ4n) is 2.23. The molecule has 0 fully saturated rings. The van der Waals surface area contributed by atoms with Gasteiger partial charge in [-0.2, -0.15) is 0 Å². The fourth-order valence-corrected chi connectivity index (χ4v) is 3.88. The first-order valence-corrected chi connectivity index (χ1v) is 8.33. The van der Waals surface area contributed by atoms with E-state index in [4.69, 9.17) is 4.74 Å². The number of aromatic nitrogens is 2. The molecule has 3 aromatic heterocycles. The van der Waals surface area contributed by atoms with E-state index in [-0.39, 0.29) is 0 Å². The standard InChI is InChI=1S/C14H17N3OS2/c1-3-15-12(13-7-11(18-2)9-20-13)6-10-8-17-4-5-19-14(17)16-10/h4-5,7-9,12,15H,3,6H2,1-2H3. The van der Waals surface area contributed by atoms with E-state index in [1.165, 1.54) is 4.88 Å². The molecule has 1 atom stereocenters. The molecule has 0 amide bonds. The van der Waals surface area contributed by atoms with Crippen LogP contribution in [0.25, 0.3) is 4.96 Å². The van der Waals surface area contributed by atoms with Gasteiger partial charge in [0.15, 0.2) is 4.96 Å². The zero-order chi connectivity index (χ0) is 13.9. The minimum absolute atomic E-state index is 0.290. The molecule has 1 unspecified atom stereocenters. The first-order valence-electron chi connectivity index (χ1n) is 6.57. The zero-order valence-corrected chi connectivity index (χ0v) is 13.1. The number of thiophene rings is 1. The summed E-state index contributed by atoms with van der Waals surface area (Å²) in [6, 6.07) is 2.40. The summed E-state index contributed by atoms with van der Waals surface area (Å²) in [6.07, 6.45) is 5.06. The van der Waals surface area contributed by atoms with E-state index in [1.807, 2.05) is 11.6 Å². The highest BCUT2D eigenvalue weighted by Crippen LogP contribution is 2.29. The number of hydrogen-bond donors (Lipinski definition) is 1. The van der Waals surface area contributed by atoms with Gasteiger partial charge in [0.25, 0.3) is 0 Å². The molecule has 0 saturated carbocycles. The molecule has 4 nitrogen and oxygen atoms in total. The van der Waals surface area contributed by atoms with Crippen LogP contribution in [0.2, 0.25) is 0 Å². The van der Waals surface area contributed by atoms with Gasteiger partial charge in [0.1, 0.15) is 5.75 Å². The molecule has 3 heterocycles. The van der Waals surface area contributed by atoms with Gasteiger partial charge in [0.05, 0.1) is 12.8 Å². The summed E-state index contributed by atoms with van der Waals surface area (Å²) in [4.78, 5) is 7.01. The predicted molar refractivity (Wildman–Crippen MR) is 84.1 cm³/mol. The van der Waals surface area contributed by atoms with E-state index in [0.29, 0.717) is 6.04 Å². The number of likely N-dealkylation sites (N-methyl/N-ethyl adjacent to an activating group) is 1. The lowest BCUT2D eigenvalue weighted by molar-refractivity contribution is 0.415. The zero-order valence-electron chi connectivity index (χ0n) is 11.5. The molecule has 6 heteroatoms. The molecule has 0 spiro atoms. The van der Waals surface area contributed by atoms with Crippen LogP contribution in [0.5, 0.6) is 5.75 Å². The van der Waals surface area contributed by atoms with Gasteiger partial charge in [-0.05, 0) is 12.6 Å². The summed E-state index contributed by atoms with van der Waals surface area (Å²) in [5.41, 5.74) is 1.12. The van der Waals surface area contributed by atoms with Crippen LogP contribution in [0.4, 0.5) is 0 Å². The van der Waals surface area contributed by atoms with Crippen LogP contribution in [-0.4, -0.2) is 23.0 Å². The Bertz CT molecular complexity index is 657. The average molecular weight is 307 g/mol. The maximum Gasteiger partial charge on any atom is 0.193 e. The van der Waals surface area contributed by atoms with Crippen LogP contribution < -0.4 is 10.1 Å². The minimum atomic E-state index is 0.290. The van der Waals surface area contributed by atoms with Crippen molar-refractivity contribution in [3.05, 3.63) is 39.8 Å². The Kier molecular flexibility index (Phi) is 4.05. The smallest absolute Gasteiger partial charge is 0.193 e. The van der Waals surface area contributed by atoms with Gasteiger partial charge in [-0.25, -0.2) is 4.98 Å². The average Bonchev–Trinajstić information content (AvgIpc) is 3.13. The van der Waals surface area contributed by atoms with E-state index in [2.05, 4.69) is 39.3 Å². The summed E-state index contributed by atoms with van der Waals surface area (Å²) in [7, 11) is 1.71. The molecule has 0 aliphatic rings. The van der Waals surface area contributed by atoms with Crippen molar-refractivity contribution >= 4 is 27.6 Å². The summed E-state index contributed by atoms with van der Waals surface area (Å²) in [5, 5.41) is 7.63. The molecular formula is C14H17N3OS2. The summed E-state index contributed by atoms with van der Waals surface area (Å²) in [5.74, 6) is 0.929. The molecule has 0 aliphatic carbocycles. The maximum atomic E-state index is 5.27. The van der Waals surface area contributed by atoms with Crippen molar-refractivity contribution < 1.29 is 4.74 Å². The summed E-state index contributed by atoms with van der Waals surface area (Å²) in [6.45, 7) is 3.07. The molecule has 106 valence electrons. The van der Waals surface area contributed by atoms with Gasteiger partial charge >= 0.3 is 0 Å². The van der Waals surface area contributed by atoms with E-state index in [0.717, 1.165) is 29.4 Å². The molecule has 20 heavy (non-hydrogen) atoms. The van der Waals surface area contributed by atoms with Crippen LogP contribution in [0.1, 0.15) is 23.5 Å². The van der Waals surface area contributed by atoms with Crippen molar-refractivity contribution in [2.75, 3.05) is 13.7 Å². The summed E-state index contributed by atoms with van der Waals surface area (Å²) < 4.78 is 7.35. The summed E-state index contributed by atoms with van der Waals surface area (Å²) >= 11 is 3.40. The van der Waals surface area contributed by atoms with E-state index in [9.17, 15) is 0 Å². The molecule has 0 bridgehead atoms. The maximum absolute atomic E-state index is 5.27. The molecular weight excluding hydrogens is 290 g/mol. The number of hydrogen-bond acceptors (Lipinski definition) is 5. The number of rotatable bonds is 6. The van der Waals surface area contributed by atoms with Crippen molar-refractivity contribution in [3.63, 3.8) is 0 Å². The van der Waals surface area contributed by atoms with Crippen LogP contribution >= 0.6 is 22.7 Å². The topological polar surface area (TPSA) is 38.6 Å². The number of fused-ring (bicyclic) bond motifs is 1. The molecule has 0 radical (unpaired) electrons. The van der Waals surface area contributed by atoms with Gasteiger partial charge < -0.3 is 10.1 Å². The molecule has 0 aromatic carbocycles. The minimum Gasteiger partial charge on any atom is -0.496 e. The molecule has 0 saturated heterocycles. The normalized spacial score (nSPS) is 12.9. The van der Waals surface area contributed by atoms with Crippen LogP contribution in [-0.2, 0) is 6.42 Å². The lowest BCUT2D eigenvalue weighted by atomic mass is 10.1. The highest BCUT2D eigenvalue weighted by Gasteiger charge is 2.16. The second-order valence-electron chi connectivity index (χ2n) is 4.53. The number of nitrogens with zero attached hydrogens (tertiary/aromatic N) is 2. The molecule has 3 rings (SSSR count). The SMILES string of the molecule is CCNC(Cc1cn2ccsc2n1)c1cc(OC)cs1. The van der Waals surface area contributed by atoms with Gasteiger partial charge in [0, 0.05) is 40.5 Å². The first kappa shape index (κ1) is 13.6. The number of thiazole rings is 1. The van der Waals surface area contributed by atoms with E-state index in [1.54, 1.807) is 29.8 Å². The Morgan fingerprint density at radius 3 is 3.05 bits per heavy atom. The second-order valence-corrected chi connectivity index (χ2v) is 6.34. The number of ether oxygens (including phenoxy) is 1. The fraction of sp³-hybridized carbons (Fsp3) is 0.357. The second kappa shape index (κ2) is 5.95. The third-order valence-corrected chi connectivity index (χ3v) is 4.98. The molecule has 3 aromatic rings. The van der Waals surface area contributed by atoms with Crippen molar-refractivity contribution in [2.45, 2.75) is 19.4 Å². The highest BCUT2D eigenvalue weighted by atomic mass is 32.1. The third-order valence-electron chi connectivity index (χ3n) is 3.18. The lowest BCUT2D eigenvalue weighted by Crippen LogP contribution is -2.22. The Balaban J connectivity index is 1.81. The van der Waals surface area contributed by atoms with Crippen molar-refractivity contribution in [1.29, 1.82) is 0 Å². The van der Waals surface area contributed by atoms with Gasteiger partial charge in [0.2, 0.25) is 0 Å². The Morgan fingerprint density at radius 1 is 1.45 bits per heavy atom. The van der Waals surface area contributed by atoms with Crippen molar-refractivity contribution in [1.82, 2.24) is 14.7 Å². The third kappa shape index (κ3) is 2.72. The lowest BCUT2D eigenvalue weighted by Gasteiger charge is -2.14. The quantitative estimate of drug-likeness (QED) is 0.759. The van der Waals surface area contributed by atoms with Gasteiger partial charge in [-0.3, -0.25) is 4.40 Å². The van der Waals surface area contributed by atoms with Crippen LogP contribution in [0.3, 0.4) is 0 Å². The van der Waals surface area contributed by atoms with Crippen molar-refractivity contribution in [3.8, 4) is 5.75 Å². The molecule has 0 aliphatic heterocycles. The monoisotopic (exact) mass is 307 g/mol. The van der Waals surface area contributed by atoms with Crippen LogP contribution in [0.15, 0.2) is 29.2 Å². The highest BCUT2D eigenvalue weighted by molar-refractivity contribution is 7.15. The first-order chi connectivity index (χ1) is 9.80. The van der Waals surface area contributed by atoms with Gasteiger partial charge in [-0.1, -0.05) is 6.92 Å². The van der Waals surface area contributed by atoms with Crippen molar-refractivity contribution in [2.24, 2.45) is 0 Å². The largest absolute Gasteiger partial charge is 0.496 e. The molecule has 1 N–H and O–H groups in total. The van der Waals surface area contributed by atoms with E-state index >= 15 is 0 Å². The van der Waals surface area contributed by atoms with Gasteiger partial charge in [-0.15, -0.1) is 22.7 Å².